The highest BCUT2D eigenvalue weighted by Crippen LogP contribution is 2.14. The summed E-state index contributed by atoms with van der Waals surface area (Å²) in [6.45, 7) is 3.90. The Kier molecular flexibility index (Phi) is 5.66. The Morgan fingerprint density at radius 1 is 1.38 bits per heavy atom. The highest BCUT2D eigenvalue weighted by Gasteiger charge is 2.27. The average molecular weight is 190 g/mol. The van der Waals surface area contributed by atoms with E-state index >= 15 is 0 Å². The quantitative estimate of drug-likeness (QED) is 0.639. The molecule has 3 atom stereocenters. The van der Waals surface area contributed by atoms with Crippen molar-refractivity contribution in [1.29, 1.82) is 0 Å². The van der Waals surface area contributed by atoms with Crippen LogP contribution in [0.5, 0.6) is 0 Å². The van der Waals surface area contributed by atoms with E-state index < -0.39 is 18.0 Å². The van der Waals surface area contributed by atoms with Gasteiger partial charge in [0.25, 0.3) is 0 Å². The fourth-order valence-corrected chi connectivity index (χ4v) is 1.18. The van der Waals surface area contributed by atoms with Crippen molar-refractivity contribution in [3.63, 3.8) is 0 Å². The lowest BCUT2D eigenvalue weighted by molar-refractivity contribution is -0.150. The number of carbonyl (C=O) groups is 1. The van der Waals surface area contributed by atoms with Crippen molar-refractivity contribution < 1.29 is 19.4 Å². The summed E-state index contributed by atoms with van der Waals surface area (Å²) in [7, 11) is 2.87. The highest BCUT2D eigenvalue weighted by atomic mass is 16.5. The first-order valence-electron chi connectivity index (χ1n) is 4.29. The summed E-state index contributed by atoms with van der Waals surface area (Å²) in [6, 6.07) is 0. The normalized spacial score (nSPS) is 17.6. The summed E-state index contributed by atoms with van der Waals surface area (Å²) in [5.74, 6) is -0.968. The van der Waals surface area contributed by atoms with E-state index in [4.69, 9.17) is 4.74 Å². The fraction of sp³-hybridized carbons (Fsp3) is 0.889. The lowest BCUT2D eigenvalue weighted by Crippen LogP contribution is -2.33. The van der Waals surface area contributed by atoms with E-state index in [0.29, 0.717) is 6.61 Å². The first-order chi connectivity index (χ1) is 6.04. The smallest absolute Gasteiger partial charge is 0.311 e. The van der Waals surface area contributed by atoms with E-state index in [-0.39, 0.29) is 5.92 Å². The van der Waals surface area contributed by atoms with E-state index in [1.165, 1.54) is 7.11 Å². The summed E-state index contributed by atoms with van der Waals surface area (Å²) in [4.78, 5) is 11.0. The molecule has 4 nitrogen and oxygen atoms in total. The molecule has 0 aliphatic rings. The number of hydrogen-bond acceptors (Lipinski definition) is 4. The minimum atomic E-state index is -0.715. The van der Waals surface area contributed by atoms with Crippen molar-refractivity contribution in [1.82, 2.24) is 0 Å². The Labute approximate surface area is 78.8 Å². The maximum absolute atomic E-state index is 11.0. The van der Waals surface area contributed by atoms with Crippen LogP contribution in [0.4, 0.5) is 0 Å². The van der Waals surface area contributed by atoms with E-state index in [0.717, 1.165) is 0 Å². The van der Waals surface area contributed by atoms with Gasteiger partial charge in [-0.3, -0.25) is 4.79 Å². The number of hydrogen-bond donors (Lipinski definition) is 1. The van der Waals surface area contributed by atoms with Crippen LogP contribution in [-0.2, 0) is 14.3 Å². The van der Waals surface area contributed by atoms with Gasteiger partial charge in [0.1, 0.15) is 0 Å². The van der Waals surface area contributed by atoms with E-state index in [2.05, 4.69) is 4.74 Å². The van der Waals surface area contributed by atoms with Crippen molar-refractivity contribution in [2.24, 2.45) is 11.8 Å². The largest absolute Gasteiger partial charge is 0.469 e. The molecule has 1 N–H and O–H groups in total. The second-order valence-corrected chi connectivity index (χ2v) is 3.24. The van der Waals surface area contributed by atoms with Gasteiger partial charge in [-0.15, -0.1) is 0 Å². The van der Waals surface area contributed by atoms with Crippen molar-refractivity contribution in [3.05, 3.63) is 0 Å². The van der Waals surface area contributed by atoms with E-state index in [1.807, 2.05) is 6.92 Å². The predicted molar refractivity (Wildman–Crippen MR) is 48.2 cm³/mol. The summed E-state index contributed by atoms with van der Waals surface area (Å²) >= 11 is 0. The van der Waals surface area contributed by atoms with Crippen LogP contribution in [0.1, 0.15) is 13.8 Å². The third-order valence-electron chi connectivity index (χ3n) is 2.10. The molecule has 4 heteroatoms. The zero-order chi connectivity index (χ0) is 10.4. The summed E-state index contributed by atoms with van der Waals surface area (Å²) < 4.78 is 9.40. The minimum Gasteiger partial charge on any atom is -0.469 e. The third-order valence-corrected chi connectivity index (χ3v) is 2.10. The minimum absolute atomic E-state index is 0.0703. The van der Waals surface area contributed by atoms with Gasteiger partial charge in [0.05, 0.1) is 25.7 Å². The van der Waals surface area contributed by atoms with Gasteiger partial charge in [0, 0.05) is 13.0 Å². The SMILES string of the molecule is COCC(C)C(O)C(C)C(=O)OC. The van der Waals surface area contributed by atoms with Gasteiger partial charge < -0.3 is 14.6 Å². The average Bonchev–Trinajstić information content (AvgIpc) is 2.14. The molecule has 0 aromatic carbocycles. The van der Waals surface area contributed by atoms with Gasteiger partial charge in [0.2, 0.25) is 0 Å². The number of carbonyl (C=O) groups excluding carboxylic acids is 1. The molecule has 0 aliphatic carbocycles. The number of aliphatic hydroxyl groups excluding tert-OH is 1. The van der Waals surface area contributed by atoms with Gasteiger partial charge in [-0.2, -0.15) is 0 Å². The topological polar surface area (TPSA) is 55.8 Å². The van der Waals surface area contributed by atoms with Crippen molar-refractivity contribution >= 4 is 5.97 Å². The van der Waals surface area contributed by atoms with Crippen LogP contribution in [0.15, 0.2) is 0 Å². The van der Waals surface area contributed by atoms with Crippen LogP contribution >= 0.6 is 0 Å². The Morgan fingerprint density at radius 3 is 2.31 bits per heavy atom. The van der Waals surface area contributed by atoms with Gasteiger partial charge in [0.15, 0.2) is 0 Å². The number of ether oxygens (including phenoxy) is 2. The second-order valence-electron chi connectivity index (χ2n) is 3.24. The maximum Gasteiger partial charge on any atom is 0.311 e. The molecule has 0 radical (unpaired) electrons. The number of rotatable bonds is 5. The molecule has 0 aromatic heterocycles. The molecule has 13 heavy (non-hydrogen) atoms. The zero-order valence-corrected chi connectivity index (χ0v) is 8.61. The molecule has 0 aromatic rings. The van der Waals surface area contributed by atoms with Crippen LogP contribution in [-0.4, -0.2) is 38.0 Å². The molecule has 0 spiro atoms. The van der Waals surface area contributed by atoms with E-state index in [1.54, 1.807) is 14.0 Å². The second kappa shape index (κ2) is 5.94. The summed E-state index contributed by atoms with van der Waals surface area (Å²) in [5.41, 5.74) is 0. The first kappa shape index (κ1) is 12.4. The molecule has 0 fully saturated rings. The molecule has 0 aliphatic heterocycles. The maximum atomic E-state index is 11.0. The van der Waals surface area contributed by atoms with Crippen LogP contribution in [0.25, 0.3) is 0 Å². The summed E-state index contributed by atoms with van der Waals surface area (Å²) in [6.07, 6.45) is -0.715. The number of esters is 1. The number of methoxy groups -OCH3 is 2. The van der Waals surface area contributed by atoms with Gasteiger partial charge in [-0.05, 0) is 6.92 Å². The molecule has 0 saturated carbocycles. The third kappa shape index (κ3) is 3.74. The Morgan fingerprint density at radius 2 is 1.92 bits per heavy atom. The Bertz CT molecular complexity index is 158. The molecule has 0 rings (SSSR count). The van der Waals surface area contributed by atoms with Crippen molar-refractivity contribution in [2.75, 3.05) is 20.8 Å². The number of aliphatic hydroxyl groups is 1. The molecule has 0 heterocycles. The first-order valence-corrected chi connectivity index (χ1v) is 4.29. The van der Waals surface area contributed by atoms with Crippen molar-refractivity contribution in [2.45, 2.75) is 20.0 Å². The molecule has 3 unspecified atom stereocenters. The molecular formula is C9H18O4. The van der Waals surface area contributed by atoms with Crippen molar-refractivity contribution in [3.8, 4) is 0 Å². The van der Waals surface area contributed by atoms with Crippen LogP contribution in [0.3, 0.4) is 0 Å². The van der Waals surface area contributed by atoms with Crippen LogP contribution < -0.4 is 0 Å². The predicted octanol–water partition coefficient (Wildman–Crippen LogP) is 0.439. The molecular weight excluding hydrogens is 172 g/mol. The lowest BCUT2D eigenvalue weighted by atomic mass is 9.94. The van der Waals surface area contributed by atoms with Crippen LogP contribution in [0, 0.1) is 11.8 Å². The summed E-state index contributed by atoms with van der Waals surface area (Å²) in [5, 5.41) is 9.64. The molecule has 78 valence electrons. The lowest BCUT2D eigenvalue weighted by Gasteiger charge is -2.22. The zero-order valence-electron chi connectivity index (χ0n) is 8.61. The highest BCUT2D eigenvalue weighted by molar-refractivity contribution is 5.72. The Balaban J connectivity index is 4.07. The monoisotopic (exact) mass is 190 g/mol. The van der Waals surface area contributed by atoms with Gasteiger partial charge in [-0.1, -0.05) is 6.92 Å². The standard InChI is InChI=1S/C9H18O4/c1-6(5-12-3)8(10)7(2)9(11)13-4/h6-8,10H,5H2,1-4H3. The van der Waals surface area contributed by atoms with Gasteiger partial charge >= 0.3 is 5.97 Å². The Hall–Kier alpha value is -0.610. The van der Waals surface area contributed by atoms with Crippen LogP contribution in [0.2, 0.25) is 0 Å². The fourth-order valence-electron chi connectivity index (χ4n) is 1.18. The van der Waals surface area contributed by atoms with E-state index in [9.17, 15) is 9.90 Å². The molecule has 0 saturated heterocycles. The molecule has 0 amide bonds. The van der Waals surface area contributed by atoms with Gasteiger partial charge in [-0.25, -0.2) is 0 Å². The molecule has 0 bridgehead atoms.